The summed E-state index contributed by atoms with van der Waals surface area (Å²) in [7, 11) is 0. The minimum atomic E-state index is -0.153. The van der Waals surface area contributed by atoms with E-state index in [0.717, 1.165) is 34.7 Å². The summed E-state index contributed by atoms with van der Waals surface area (Å²) in [5, 5.41) is 12.2. The van der Waals surface area contributed by atoms with Crippen molar-refractivity contribution in [1.82, 2.24) is 0 Å². The van der Waals surface area contributed by atoms with E-state index in [0.29, 0.717) is 12.2 Å². The van der Waals surface area contributed by atoms with Gasteiger partial charge in [-0.15, -0.1) is 0 Å². The minimum Gasteiger partial charge on any atom is -0.508 e. The lowest BCUT2D eigenvalue weighted by atomic mass is 9.88. The van der Waals surface area contributed by atoms with Crippen molar-refractivity contribution in [2.45, 2.75) is 58.8 Å². The van der Waals surface area contributed by atoms with Gasteiger partial charge in [0.05, 0.1) is 0 Å². The molecule has 0 saturated carbocycles. The lowest BCUT2D eigenvalue weighted by Crippen LogP contribution is -1.99. The highest BCUT2D eigenvalue weighted by molar-refractivity contribution is 5.91. The molecule has 2 aromatic rings. The highest BCUT2D eigenvalue weighted by Crippen LogP contribution is 2.37. The van der Waals surface area contributed by atoms with Crippen LogP contribution in [-0.4, -0.2) is 5.11 Å². The monoisotopic (exact) mass is 288 g/mol. The molecule has 0 aliphatic carbocycles. The summed E-state index contributed by atoms with van der Waals surface area (Å²) in [6.45, 7) is 6.31. The minimum absolute atomic E-state index is 0.153. The summed E-state index contributed by atoms with van der Waals surface area (Å²) in [6, 6.07) is 6.90. The first-order valence-corrected chi connectivity index (χ1v) is 8.03. The quantitative estimate of drug-likeness (QED) is 0.653. The Kier molecular flexibility index (Phi) is 5.22. The third-order valence-electron chi connectivity index (χ3n) is 4.36. The molecule has 1 N–H and O–H groups in total. The summed E-state index contributed by atoms with van der Waals surface area (Å²) < 4.78 is 13.9. The van der Waals surface area contributed by atoms with Crippen molar-refractivity contribution in [3.63, 3.8) is 0 Å². The predicted octanol–water partition coefficient (Wildman–Crippen LogP) is 5.93. The van der Waals surface area contributed by atoms with E-state index in [1.165, 1.54) is 18.9 Å². The van der Waals surface area contributed by atoms with Gasteiger partial charge in [-0.25, -0.2) is 4.39 Å². The Bertz CT molecular complexity index is 618. The van der Waals surface area contributed by atoms with Crippen molar-refractivity contribution in [2.24, 2.45) is 0 Å². The summed E-state index contributed by atoms with van der Waals surface area (Å²) >= 11 is 0. The average Bonchev–Trinajstić information content (AvgIpc) is 2.47. The zero-order chi connectivity index (χ0) is 15.4. The van der Waals surface area contributed by atoms with Crippen LogP contribution in [0.15, 0.2) is 24.3 Å². The number of unbranched alkanes of at least 4 members (excludes halogenated alkanes) is 2. The maximum Gasteiger partial charge on any atom is 0.127 e. The zero-order valence-electron chi connectivity index (χ0n) is 13.2. The van der Waals surface area contributed by atoms with Gasteiger partial charge in [0, 0.05) is 5.56 Å². The van der Waals surface area contributed by atoms with E-state index in [-0.39, 0.29) is 11.7 Å². The Hall–Kier alpha value is -1.57. The first kappa shape index (κ1) is 15.8. The van der Waals surface area contributed by atoms with Gasteiger partial charge >= 0.3 is 0 Å². The molecule has 1 nitrogen and oxygen atoms in total. The maximum absolute atomic E-state index is 13.9. The number of halogens is 1. The molecule has 0 aromatic heterocycles. The summed E-state index contributed by atoms with van der Waals surface area (Å²) in [6.07, 6.45) is 5.29. The van der Waals surface area contributed by atoms with Crippen LogP contribution in [0.25, 0.3) is 10.8 Å². The largest absolute Gasteiger partial charge is 0.508 e. The van der Waals surface area contributed by atoms with Gasteiger partial charge in [-0.3, -0.25) is 0 Å². The molecular weight excluding hydrogens is 263 g/mol. The smallest absolute Gasteiger partial charge is 0.127 e. The number of aromatic hydroxyl groups is 1. The number of aryl methyl sites for hydroxylation is 1. The molecule has 2 heteroatoms. The van der Waals surface area contributed by atoms with Crippen LogP contribution in [0.4, 0.5) is 4.39 Å². The number of rotatable bonds is 6. The van der Waals surface area contributed by atoms with Crippen LogP contribution in [0.2, 0.25) is 0 Å². The van der Waals surface area contributed by atoms with Gasteiger partial charge in [-0.2, -0.15) is 0 Å². The fraction of sp³-hybridized carbons (Fsp3) is 0.474. The van der Waals surface area contributed by atoms with E-state index < -0.39 is 0 Å². The fourth-order valence-electron chi connectivity index (χ4n) is 3.18. The normalized spacial score (nSPS) is 12.8. The number of hydrogen-bond acceptors (Lipinski definition) is 1. The molecular formula is C19H25FO. The summed E-state index contributed by atoms with van der Waals surface area (Å²) in [5.41, 5.74) is 1.72. The standard InChI is InChI=1S/C19H25FO/c1-4-6-7-8-13(3)19-16-9-11-17(20)14(5-2)15(16)10-12-18(19)21/h9-13,21H,4-8H2,1-3H3. The molecule has 0 radical (unpaired) electrons. The molecule has 1 atom stereocenters. The van der Waals surface area contributed by atoms with Crippen LogP contribution < -0.4 is 0 Å². The fourth-order valence-corrected chi connectivity index (χ4v) is 3.18. The number of hydrogen-bond donors (Lipinski definition) is 1. The van der Waals surface area contributed by atoms with Gasteiger partial charge in [0.2, 0.25) is 0 Å². The van der Waals surface area contributed by atoms with Crippen LogP contribution >= 0.6 is 0 Å². The van der Waals surface area contributed by atoms with E-state index in [1.54, 1.807) is 6.07 Å². The third kappa shape index (κ3) is 3.20. The third-order valence-corrected chi connectivity index (χ3v) is 4.36. The summed E-state index contributed by atoms with van der Waals surface area (Å²) in [5.74, 6) is 0.468. The first-order valence-electron chi connectivity index (χ1n) is 8.03. The topological polar surface area (TPSA) is 20.2 Å². The highest BCUT2D eigenvalue weighted by atomic mass is 19.1. The van der Waals surface area contributed by atoms with Gasteiger partial charge in [-0.1, -0.05) is 52.2 Å². The van der Waals surface area contributed by atoms with E-state index in [4.69, 9.17) is 0 Å². The molecule has 0 heterocycles. The molecule has 2 aromatic carbocycles. The lowest BCUT2D eigenvalue weighted by molar-refractivity contribution is 0.460. The van der Waals surface area contributed by atoms with Gasteiger partial charge in [-0.05, 0) is 47.2 Å². The molecule has 0 amide bonds. The van der Waals surface area contributed by atoms with Crippen molar-refractivity contribution < 1.29 is 9.50 Å². The molecule has 0 bridgehead atoms. The second-order valence-electron chi connectivity index (χ2n) is 5.87. The second-order valence-corrected chi connectivity index (χ2v) is 5.87. The molecule has 0 fully saturated rings. The van der Waals surface area contributed by atoms with Crippen LogP contribution in [0.3, 0.4) is 0 Å². The molecule has 21 heavy (non-hydrogen) atoms. The SMILES string of the molecule is CCCCCC(C)c1c(O)ccc2c(CC)c(F)ccc12. The summed E-state index contributed by atoms with van der Waals surface area (Å²) in [4.78, 5) is 0. The average molecular weight is 288 g/mol. The molecule has 0 spiro atoms. The van der Waals surface area contributed by atoms with Gasteiger partial charge in [0.1, 0.15) is 11.6 Å². The van der Waals surface area contributed by atoms with Crippen LogP contribution in [0.5, 0.6) is 5.75 Å². The van der Waals surface area contributed by atoms with Crippen LogP contribution in [-0.2, 0) is 6.42 Å². The molecule has 0 saturated heterocycles. The van der Waals surface area contributed by atoms with E-state index in [9.17, 15) is 9.50 Å². The molecule has 2 rings (SSSR count). The Morgan fingerprint density at radius 2 is 1.76 bits per heavy atom. The van der Waals surface area contributed by atoms with Crippen molar-refractivity contribution in [2.75, 3.05) is 0 Å². The van der Waals surface area contributed by atoms with Gasteiger partial charge in [0.15, 0.2) is 0 Å². The molecule has 0 aliphatic rings. The number of benzene rings is 2. The number of phenolic OH excluding ortho intramolecular Hbond substituents is 1. The molecule has 0 aliphatic heterocycles. The number of phenols is 1. The highest BCUT2D eigenvalue weighted by Gasteiger charge is 2.16. The van der Waals surface area contributed by atoms with E-state index >= 15 is 0 Å². The van der Waals surface area contributed by atoms with Crippen molar-refractivity contribution >= 4 is 10.8 Å². The Labute approximate surface area is 126 Å². The number of fused-ring (bicyclic) bond motifs is 1. The van der Waals surface area contributed by atoms with Crippen molar-refractivity contribution in [3.05, 3.63) is 41.2 Å². The van der Waals surface area contributed by atoms with Gasteiger partial charge < -0.3 is 5.11 Å². The maximum atomic E-state index is 13.9. The zero-order valence-corrected chi connectivity index (χ0v) is 13.2. The van der Waals surface area contributed by atoms with E-state index in [2.05, 4.69) is 13.8 Å². The Morgan fingerprint density at radius 1 is 1.05 bits per heavy atom. The van der Waals surface area contributed by atoms with Gasteiger partial charge in [0.25, 0.3) is 0 Å². The second kappa shape index (κ2) is 6.93. The van der Waals surface area contributed by atoms with Crippen molar-refractivity contribution in [1.29, 1.82) is 0 Å². The van der Waals surface area contributed by atoms with Crippen LogP contribution in [0.1, 0.15) is 63.5 Å². The molecule has 1 unspecified atom stereocenters. The first-order chi connectivity index (χ1) is 10.1. The predicted molar refractivity (Wildman–Crippen MR) is 87.5 cm³/mol. The van der Waals surface area contributed by atoms with Crippen molar-refractivity contribution in [3.8, 4) is 5.75 Å². The Balaban J connectivity index is 2.49. The van der Waals surface area contributed by atoms with Crippen LogP contribution in [0, 0.1) is 5.82 Å². The molecule has 114 valence electrons. The van der Waals surface area contributed by atoms with E-state index in [1.807, 2.05) is 19.1 Å². The lowest BCUT2D eigenvalue weighted by Gasteiger charge is -2.18. The Morgan fingerprint density at radius 3 is 2.43 bits per heavy atom.